The summed E-state index contributed by atoms with van der Waals surface area (Å²) in [5.41, 5.74) is 2.06. The van der Waals surface area contributed by atoms with Gasteiger partial charge in [-0.1, -0.05) is 55.5 Å². The van der Waals surface area contributed by atoms with Crippen LogP contribution in [0, 0.1) is 9.49 Å². The van der Waals surface area contributed by atoms with Crippen molar-refractivity contribution in [2.75, 3.05) is 6.54 Å². The second-order valence-electron chi connectivity index (χ2n) is 6.17. The minimum absolute atomic E-state index is 0.00159. The monoisotopic (exact) mass is 429 g/mol. The molecule has 0 aliphatic carbocycles. The number of amides is 1. The lowest BCUT2D eigenvalue weighted by molar-refractivity contribution is 0.0948. The van der Waals surface area contributed by atoms with Crippen molar-refractivity contribution in [1.29, 1.82) is 0 Å². The van der Waals surface area contributed by atoms with Gasteiger partial charge in [-0.15, -0.1) is 0 Å². The summed E-state index contributed by atoms with van der Waals surface area (Å²) in [5, 5.41) is 5.62. The summed E-state index contributed by atoms with van der Waals surface area (Å²) >= 11 is 2.22. The van der Waals surface area contributed by atoms with Crippen LogP contribution in [0.3, 0.4) is 0 Å². The molecule has 0 aliphatic heterocycles. The van der Waals surface area contributed by atoms with Crippen LogP contribution in [0.4, 0.5) is 0 Å². The molecule has 1 atom stereocenters. The van der Waals surface area contributed by atoms with E-state index in [4.69, 9.17) is 0 Å². The largest absolute Gasteiger partial charge is 0.352 e. The summed E-state index contributed by atoms with van der Waals surface area (Å²) in [6.07, 6.45) is 0.952. The zero-order valence-electron chi connectivity index (χ0n) is 13.6. The summed E-state index contributed by atoms with van der Waals surface area (Å²) in [4.78, 5) is 12.3. The highest BCUT2D eigenvalue weighted by Gasteiger charge is 2.10. The highest BCUT2D eigenvalue weighted by atomic mass is 127. The molecule has 0 bridgehead atoms. The zero-order valence-corrected chi connectivity index (χ0v) is 15.8. The number of rotatable bonds is 5. The van der Waals surface area contributed by atoms with Crippen LogP contribution in [0.25, 0.3) is 10.8 Å². The van der Waals surface area contributed by atoms with E-state index >= 15 is 0 Å². The van der Waals surface area contributed by atoms with Crippen LogP contribution in [0.1, 0.15) is 22.8 Å². The lowest BCUT2D eigenvalue weighted by Gasteiger charge is -2.14. The van der Waals surface area contributed by atoms with Gasteiger partial charge < -0.3 is 5.32 Å². The number of fused-ring (bicyclic) bond motifs is 1. The Hall–Kier alpha value is -1.88. The quantitative estimate of drug-likeness (QED) is 0.565. The van der Waals surface area contributed by atoms with Gasteiger partial charge in [-0.3, -0.25) is 4.79 Å². The van der Waals surface area contributed by atoms with Crippen molar-refractivity contribution in [3.8, 4) is 0 Å². The van der Waals surface area contributed by atoms with Crippen LogP contribution in [0.2, 0.25) is 0 Å². The van der Waals surface area contributed by atoms with Crippen LogP contribution in [0.15, 0.2) is 66.7 Å². The predicted octanol–water partition coefficient (Wildman–Crippen LogP) is 5.05. The van der Waals surface area contributed by atoms with Gasteiger partial charge >= 0.3 is 0 Å². The number of nitrogens with one attached hydrogen (secondary N) is 1. The van der Waals surface area contributed by atoms with Crippen molar-refractivity contribution in [1.82, 2.24) is 5.32 Å². The van der Waals surface area contributed by atoms with E-state index in [9.17, 15) is 4.79 Å². The molecule has 2 nitrogen and oxygen atoms in total. The first-order valence-corrected chi connectivity index (χ1v) is 9.22. The topological polar surface area (TPSA) is 29.1 Å². The second kappa shape index (κ2) is 7.79. The first-order chi connectivity index (χ1) is 11.6. The third-order valence-corrected chi connectivity index (χ3v) is 4.82. The predicted molar refractivity (Wildman–Crippen MR) is 108 cm³/mol. The fraction of sp³-hybridized carbons (Fsp3) is 0.190. The molecule has 0 fully saturated rings. The Morgan fingerprint density at radius 2 is 1.79 bits per heavy atom. The zero-order chi connectivity index (χ0) is 16.9. The molecule has 122 valence electrons. The first kappa shape index (κ1) is 17.0. The molecular formula is C21H20INO. The molecule has 1 unspecified atom stereocenters. The van der Waals surface area contributed by atoms with Gasteiger partial charge in [-0.2, -0.15) is 0 Å². The highest BCUT2D eigenvalue weighted by molar-refractivity contribution is 14.1. The van der Waals surface area contributed by atoms with Gasteiger partial charge in [0.25, 0.3) is 5.91 Å². The fourth-order valence-electron chi connectivity index (χ4n) is 2.92. The Labute approximate surface area is 156 Å². The maximum absolute atomic E-state index is 12.3. The molecule has 0 spiro atoms. The highest BCUT2D eigenvalue weighted by Crippen LogP contribution is 2.21. The number of halogens is 1. The van der Waals surface area contributed by atoms with Crippen molar-refractivity contribution in [2.45, 2.75) is 13.3 Å². The van der Waals surface area contributed by atoms with Gasteiger partial charge in [0.05, 0.1) is 0 Å². The molecule has 3 aromatic carbocycles. The van der Waals surface area contributed by atoms with E-state index in [-0.39, 0.29) is 5.91 Å². The molecule has 3 aromatic rings. The number of benzene rings is 3. The van der Waals surface area contributed by atoms with E-state index in [1.54, 1.807) is 0 Å². The molecule has 0 heterocycles. The summed E-state index contributed by atoms with van der Waals surface area (Å²) in [6, 6.07) is 22.5. The Balaban J connectivity index is 1.63. The van der Waals surface area contributed by atoms with Crippen LogP contribution < -0.4 is 5.32 Å². The van der Waals surface area contributed by atoms with E-state index in [0.29, 0.717) is 12.5 Å². The summed E-state index contributed by atoms with van der Waals surface area (Å²) in [6.45, 7) is 2.85. The van der Waals surface area contributed by atoms with Crippen molar-refractivity contribution < 1.29 is 4.79 Å². The molecule has 0 saturated heterocycles. The smallest absolute Gasteiger partial charge is 0.251 e. The van der Waals surface area contributed by atoms with Crippen LogP contribution in [-0.4, -0.2) is 12.5 Å². The van der Waals surface area contributed by atoms with E-state index < -0.39 is 0 Å². The summed E-state index contributed by atoms with van der Waals surface area (Å²) in [7, 11) is 0. The van der Waals surface area contributed by atoms with Crippen LogP contribution in [-0.2, 0) is 6.42 Å². The number of carbonyl (C=O) groups excluding carboxylic acids is 1. The number of hydrogen-bond acceptors (Lipinski definition) is 1. The van der Waals surface area contributed by atoms with Crippen molar-refractivity contribution in [3.05, 3.63) is 81.4 Å². The minimum atomic E-state index is -0.00159. The Bertz CT molecular complexity index is 854. The average molecular weight is 429 g/mol. The molecule has 0 aliphatic rings. The Morgan fingerprint density at radius 3 is 2.62 bits per heavy atom. The third-order valence-electron chi connectivity index (χ3n) is 4.15. The van der Waals surface area contributed by atoms with Gasteiger partial charge in [0, 0.05) is 15.7 Å². The Kier molecular flexibility index (Phi) is 5.51. The second-order valence-corrected chi connectivity index (χ2v) is 7.41. The SMILES string of the molecule is CC(CNC(=O)c1cccc(I)c1)Cc1cccc2ccccc12. The summed E-state index contributed by atoms with van der Waals surface area (Å²) < 4.78 is 1.07. The molecular weight excluding hydrogens is 409 g/mol. The molecule has 24 heavy (non-hydrogen) atoms. The molecule has 1 amide bonds. The Morgan fingerprint density at radius 1 is 1.04 bits per heavy atom. The fourth-order valence-corrected chi connectivity index (χ4v) is 3.46. The van der Waals surface area contributed by atoms with Gasteiger partial charge in [0.1, 0.15) is 0 Å². The molecule has 0 radical (unpaired) electrons. The van der Waals surface area contributed by atoms with Crippen molar-refractivity contribution >= 4 is 39.3 Å². The molecule has 3 rings (SSSR count). The normalized spacial score (nSPS) is 12.1. The van der Waals surface area contributed by atoms with Crippen molar-refractivity contribution in [3.63, 3.8) is 0 Å². The average Bonchev–Trinajstić information content (AvgIpc) is 2.60. The van der Waals surface area contributed by atoms with E-state index in [1.807, 2.05) is 24.3 Å². The third kappa shape index (κ3) is 4.15. The number of carbonyl (C=O) groups is 1. The standard InChI is InChI=1S/C21H20INO/c1-15(14-23-21(24)18-9-5-10-19(22)13-18)12-17-8-4-7-16-6-2-3-11-20(16)17/h2-11,13,15H,12,14H2,1H3,(H,23,24). The number of hydrogen-bond donors (Lipinski definition) is 1. The maximum Gasteiger partial charge on any atom is 0.251 e. The maximum atomic E-state index is 12.3. The van der Waals surface area contributed by atoms with Crippen molar-refractivity contribution in [2.24, 2.45) is 5.92 Å². The lowest BCUT2D eigenvalue weighted by atomic mass is 9.96. The lowest BCUT2D eigenvalue weighted by Crippen LogP contribution is -2.29. The van der Waals surface area contributed by atoms with E-state index in [2.05, 4.69) is 77.3 Å². The molecule has 0 saturated carbocycles. The van der Waals surface area contributed by atoms with Crippen LogP contribution in [0.5, 0.6) is 0 Å². The van der Waals surface area contributed by atoms with Gasteiger partial charge in [-0.25, -0.2) is 0 Å². The minimum Gasteiger partial charge on any atom is -0.352 e. The van der Waals surface area contributed by atoms with E-state index in [0.717, 1.165) is 15.6 Å². The van der Waals surface area contributed by atoms with Gasteiger partial charge in [-0.05, 0) is 69.5 Å². The molecule has 1 N–H and O–H groups in total. The first-order valence-electron chi connectivity index (χ1n) is 8.14. The molecule has 3 heteroatoms. The van der Waals surface area contributed by atoms with Gasteiger partial charge in [0.2, 0.25) is 0 Å². The van der Waals surface area contributed by atoms with E-state index in [1.165, 1.54) is 16.3 Å². The summed E-state index contributed by atoms with van der Waals surface area (Å²) in [5.74, 6) is 0.376. The van der Waals surface area contributed by atoms with Gasteiger partial charge in [0.15, 0.2) is 0 Å². The van der Waals surface area contributed by atoms with Crippen LogP contribution >= 0.6 is 22.6 Å². The molecule has 0 aromatic heterocycles.